The number of H-pyrrole nitrogens is 1. The number of rotatable bonds is 4. The molecule has 0 bridgehead atoms. The Morgan fingerprint density at radius 2 is 1.86 bits per heavy atom. The van der Waals surface area contributed by atoms with E-state index in [-0.39, 0.29) is 11.4 Å². The maximum Gasteiger partial charge on any atom is 0.182 e. The molecule has 0 unspecified atom stereocenters. The summed E-state index contributed by atoms with van der Waals surface area (Å²) in [6, 6.07) is 19.0. The minimum Gasteiger partial charge on any atom is -0.497 e. The topological polar surface area (TPSA) is 81.5 Å². The van der Waals surface area contributed by atoms with Gasteiger partial charge in [-0.05, 0) is 51.9 Å². The molecule has 0 aliphatic carbocycles. The fourth-order valence-corrected chi connectivity index (χ4v) is 3.31. The van der Waals surface area contributed by atoms with Crippen LogP contribution in [0, 0.1) is 5.82 Å². The minimum atomic E-state index is -0.437. The molecule has 0 radical (unpaired) electrons. The quantitative estimate of drug-likeness (QED) is 0.505. The van der Waals surface area contributed by atoms with Crippen molar-refractivity contribution in [2.45, 2.75) is 0 Å². The van der Waals surface area contributed by atoms with E-state index in [4.69, 9.17) is 4.74 Å². The fraction of sp³-hybridized carbons (Fsp3) is 0.0476. The number of aromatic amines is 1. The Bertz CT molecular complexity index is 1300. The molecule has 0 saturated heterocycles. The SMILES string of the molecule is COc1ccc(-c2cccc(-n3cnc4cc(F)c(-c5nnn[nH]5)cc43)c2)cc1. The van der Waals surface area contributed by atoms with Gasteiger partial charge < -0.3 is 4.74 Å². The lowest BCUT2D eigenvalue weighted by molar-refractivity contribution is 0.415. The van der Waals surface area contributed by atoms with Crippen molar-refractivity contribution in [1.29, 1.82) is 0 Å². The van der Waals surface area contributed by atoms with E-state index in [0.717, 1.165) is 28.1 Å². The first-order valence-electron chi connectivity index (χ1n) is 8.88. The normalized spacial score (nSPS) is 11.1. The van der Waals surface area contributed by atoms with E-state index < -0.39 is 5.82 Å². The van der Waals surface area contributed by atoms with Crippen LogP contribution in [0.3, 0.4) is 0 Å². The Labute approximate surface area is 164 Å². The predicted molar refractivity (Wildman–Crippen MR) is 106 cm³/mol. The third kappa shape index (κ3) is 3.00. The van der Waals surface area contributed by atoms with Crippen LogP contribution >= 0.6 is 0 Å². The maximum atomic E-state index is 14.5. The van der Waals surface area contributed by atoms with Crippen molar-refractivity contribution in [2.75, 3.05) is 7.11 Å². The van der Waals surface area contributed by atoms with Gasteiger partial charge in [0.1, 0.15) is 17.9 Å². The highest BCUT2D eigenvalue weighted by Gasteiger charge is 2.14. The molecule has 29 heavy (non-hydrogen) atoms. The molecule has 0 saturated carbocycles. The number of ether oxygens (including phenoxy) is 1. The number of benzene rings is 3. The van der Waals surface area contributed by atoms with E-state index in [1.807, 2.05) is 47.0 Å². The highest BCUT2D eigenvalue weighted by Crippen LogP contribution is 2.29. The van der Waals surface area contributed by atoms with E-state index in [9.17, 15) is 4.39 Å². The van der Waals surface area contributed by atoms with Crippen molar-refractivity contribution in [3.63, 3.8) is 0 Å². The fourth-order valence-electron chi connectivity index (χ4n) is 3.31. The van der Waals surface area contributed by atoms with Gasteiger partial charge in [-0.15, -0.1) is 5.10 Å². The Kier molecular flexibility index (Phi) is 4.02. The second kappa shape index (κ2) is 6.83. The first kappa shape index (κ1) is 17.1. The standard InChI is InChI=1S/C21H15FN6O/c1-29-16-7-5-13(6-8-16)14-3-2-4-15(9-14)28-12-23-19-11-18(22)17(10-20(19)28)21-24-26-27-25-21/h2-12H,1H3,(H,24,25,26,27). The summed E-state index contributed by atoms with van der Waals surface area (Å²) >= 11 is 0. The van der Waals surface area contributed by atoms with Gasteiger partial charge in [-0.3, -0.25) is 4.57 Å². The van der Waals surface area contributed by atoms with Gasteiger partial charge in [0.15, 0.2) is 5.82 Å². The molecule has 0 spiro atoms. The second-order valence-corrected chi connectivity index (χ2v) is 6.46. The molecule has 0 amide bonds. The zero-order chi connectivity index (χ0) is 19.8. The number of nitrogens with zero attached hydrogens (tertiary/aromatic N) is 5. The van der Waals surface area contributed by atoms with E-state index in [1.54, 1.807) is 19.5 Å². The van der Waals surface area contributed by atoms with Crippen molar-refractivity contribution in [3.8, 4) is 34.0 Å². The molecule has 2 heterocycles. The largest absolute Gasteiger partial charge is 0.497 e. The summed E-state index contributed by atoms with van der Waals surface area (Å²) in [5.74, 6) is 0.638. The number of tetrazole rings is 1. The van der Waals surface area contributed by atoms with Crippen LogP contribution in [0.25, 0.3) is 39.2 Å². The van der Waals surface area contributed by atoms with Gasteiger partial charge in [-0.2, -0.15) is 0 Å². The average molecular weight is 386 g/mol. The molecule has 1 N–H and O–H groups in total. The minimum absolute atomic E-state index is 0.268. The Balaban J connectivity index is 1.61. The zero-order valence-electron chi connectivity index (χ0n) is 15.4. The number of hydrogen-bond acceptors (Lipinski definition) is 5. The summed E-state index contributed by atoms with van der Waals surface area (Å²) in [6.45, 7) is 0. The van der Waals surface area contributed by atoms with Gasteiger partial charge in [-0.1, -0.05) is 24.3 Å². The van der Waals surface area contributed by atoms with Crippen molar-refractivity contribution in [2.24, 2.45) is 0 Å². The van der Waals surface area contributed by atoms with Crippen LogP contribution in [-0.4, -0.2) is 37.3 Å². The first-order valence-corrected chi connectivity index (χ1v) is 8.88. The number of aromatic nitrogens is 6. The van der Waals surface area contributed by atoms with Gasteiger partial charge in [0.05, 0.1) is 23.7 Å². The molecule has 5 aromatic rings. The van der Waals surface area contributed by atoms with Gasteiger partial charge in [0.25, 0.3) is 0 Å². The van der Waals surface area contributed by atoms with Gasteiger partial charge in [0.2, 0.25) is 0 Å². The van der Waals surface area contributed by atoms with Crippen molar-refractivity contribution in [1.82, 2.24) is 30.2 Å². The summed E-state index contributed by atoms with van der Waals surface area (Å²) in [7, 11) is 1.64. The van der Waals surface area contributed by atoms with E-state index in [2.05, 4.69) is 31.7 Å². The molecule has 0 aliphatic heterocycles. The van der Waals surface area contributed by atoms with Crippen LogP contribution < -0.4 is 4.74 Å². The monoisotopic (exact) mass is 386 g/mol. The van der Waals surface area contributed by atoms with Crippen molar-refractivity contribution < 1.29 is 9.13 Å². The van der Waals surface area contributed by atoms with E-state index in [0.29, 0.717) is 5.52 Å². The van der Waals surface area contributed by atoms with Gasteiger partial charge in [0, 0.05) is 11.8 Å². The van der Waals surface area contributed by atoms with Crippen LogP contribution in [0.2, 0.25) is 0 Å². The molecule has 5 rings (SSSR count). The molecule has 2 aromatic heterocycles. The average Bonchev–Trinajstić information content (AvgIpc) is 3.43. The number of nitrogens with one attached hydrogen (secondary N) is 1. The summed E-state index contributed by atoms with van der Waals surface area (Å²) in [6.07, 6.45) is 1.68. The van der Waals surface area contributed by atoms with Gasteiger partial charge in [-0.25, -0.2) is 14.5 Å². The zero-order valence-corrected chi connectivity index (χ0v) is 15.4. The van der Waals surface area contributed by atoms with Crippen LogP contribution in [0.1, 0.15) is 0 Å². The van der Waals surface area contributed by atoms with Crippen LogP contribution in [0.4, 0.5) is 4.39 Å². The van der Waals surface area contributed by atoms with Crippen molar-refractivity contribution in [3.05, 3.63) is 72.8 Å². The third-order valence-electron chi connectivity index (χ3n) is 4.78. The predicted octanol–water partition coefficient (Wildman–Crippen LogP) is 4.02. The lowest BCUT2D eigenvalue weighted by Crippen LogP contribution is -1.94. The van der Waals surface area contributed by atoms with E-state index in [1.165, 1.54) is 6.07 Å². The Morgan fingerprint density at radius 1 is 1.00 bits per heavy atom. The molecule has 0 atom stereocenters. The summed E-state index contributed by atoms with van der Waals surface area (Å²) < 4.78 is 21.6. The van der Waals surface area contributed by atoms with E-state index >= 15 is 0 Å². The maximum absolute atomic E-state index is 14.5. The first-order chi connectivity index (χ1) is 14.2. The molecular weight excluding hydrogens is 371 g/mol. The van der Waals surface area contributed by atoms with Crippen LogP contribution in [0.15, 0.2) is 67.0 Å². The summed E-state index contributed by atoms with van der Waals surface area (Å²) in [5.41, 5.74) is 4.62. The third-order valence-corrected chi connectivity index (χ3v) is 4.78. The summed E-state index contributed by atoms with van der Waals surface area (Å²) in [5, 5.41) is 13.5. The second-order valence-electron chi connectivity index (χ2n) is 6.46. The number of halogens is 1. The lowest BCUT2D eigenvalue weighted by atomic mass is 10.0. The molecule has 0 fully saturated rings. The lowest BCUT2D eigenvalue weighted by Gasteiger charge is -2.09. The number of hydrogen-bond donors (Lipinski definition) is 1. The number of fused-ring (bicyclic) bond motifs is 1. The van der Waals surface area contributed by atoms with Gasteiger partial charge >= 0.3 is 0 Å². The highest BCUT2D eigenvalue weighted by atomic mass is 19.1. The van der Waals surface area contributed by atoms with Crippen LogP contribution in [0.5, 0.6) is 5.75 Å². The highest BCUT2D eigenvalue weighted by molar-refractivity contribution is 5.83. The molecular formula is C21H15FN6O. The van der Waals surface area contributed by atoms with Crippen molar-refractivity contribution >= 4 is 11.0 Å². The van der Waals surface area contributed by atoms with Crippen LogP contribution in [-0.2, 0) is 0 Å². The number of methoxy groups -OCH3 is 1. The Morgan fingerprint density at radius 3 is 2.62 bits per heavy atom. The molecule has 8 heteroatoms. The Hall–Kier alpha value is -4.07. The molecule has 0 aliphatic rings. The number of imidazole rings is 1. The summed E-state index contributed by atoms with van der Waals surface area (Å²) in [4.78, 5) is 4.35. The smallest absolute Gasteiger partial charge is 0.182 e. The molecule has 142 valence electrons. The molecule has 7 nitrogen and oxygen atoms in total. The molecule has 3 aromatic carbocycles.